The van der Waals surface area contributed by atoms with Crippen LogP contribution >= 0.6 is 0 Å². The molecule has 0 aliphatic rings. The summed E-state index contributed by atoms with van der Waals surface area (Å²) in [5.41, 5.74) is 0. The van der Waals surface area contributed by atoms with E-state index in [-0.39, 0.29) is 12.5 Å². The van der Waals surface area contributed by atoms with Crippen LogP contribution in [0.1, 0.15) is 117 Å². The van der Waals surface area contributed by atoms with Gasteiger partial charge in [-0.2, -0.15) is 0 Å². The molecule has 2 unspecified atom stereocenters. The van der Waals surface area contributed by atoms with Gasteiger partial charge in [0.1, 0.15) is 0 Å². The molecule has 0 aromatic carbocycles. The van der Waals surface area contributed by atoms with Crippen molar-refractivity contribution in [2.45, 2.75) is 129 Å². The molecule has 0 aromatic rings. The van der Waals surface area contributed by atoms with Gasteiger partial charge >= 0.3 is 0 Å². The number of nitrogens with one attached hydrogen (secondary N) is 1. The molecule has 0 fully saturated rings. The van der Waals surface area contributed by atoms with Crippen LogP contribution in [0.3, 0.4) is 0 Å². The highest BCUT2D eigenvalue weighted by atomic mass is 16.3. The summed E-state index contributed by atoms with van der Waals surface area (Å²) in [6.45, 7) is 4.07. The molecular formula is C26H49NO3. The highest BCUT2D eigenvalue weighted by Crippen LogP contribution is 2.10. The van der Waals surface area contributed by atoms with E-state index in [9.17, 15) is 15.0 Å². The monoisotopic (exact) mass is 423 g/mol. The van der Waals surface area contributed by atoms with E-state index < -0.39 is 12.1 Å². The van der Waals surface area contributed by atoms with Gasteiger partial charge in [-0.25, -0.2) is 0 Å². The van der Waals surface area contributed by atoms with Gasteiger partial charge in [-0.3, -0.25) is 4.79 Å². The molecule has 0 aromatic heterocycles. The summed E-state index contributed by atoms with van der Waals surface area (Å²) in [6, 6.07) is -0.617. The van der Waals surface area contributed by atoms with E-state index in [0.717, 1.165) is 38.5 Å². The van der Waals surface area contributed by atoms with Gasteiger partial charge < -0.3 is 15.5 Å². The standard InChI is InChI=1S/C26H49NO3/c1-3-5-7-8-9-10-11-12-13-14-15-16-17-18-20-22-26(30)27-24(23-28)25(29)21-19-6-4-2/h12-13,19,21,24-25,28-29H,3-11,14-18,20,22-23H2,1-2H3,(H,27,30)/b13-12-,21-19+. The first-order valence-corrected chi connectivity index (χ1v) is 12.6. The number of rotatable bonds is 21. The minimum absolute atomic E-state index is 0.0883. The Morgan fingerprint density at radius 3 is 1.90 bits per heavy atom. The van der Waals surface area contributed by atoms with Crippen LogP contribution in [0.25, 0.3) is 0 Å². The number of carbonyl (C=O) groups excluding carboxylic acids is 1. The number of carbonyl (C=O) groups is 1. The summed E-state index contributed by atoms with van der Waals surface area (Å²) in [4.78, 5) is 12.0. The Morgan fingerprint density at radius 2 is 1.33 bits per heavy atom. The number of hydrogen-bond donors (Lipinski definition) is 3. The van der Waals surface area contributed by atoms with Gasteiger partial charge in [-0.1, -0.05) is 95.9 Å². The second kappa shape index (κ2) is 22.6. The third-order valence-corrected chi connectivity index (χ3v) is 5.41. The first-order chi connectivity index (χ1) is 14.7. The van der Waals surface area contributed by atoms with E-state index in [1.54, 1.807) is 6.08 Å². The van der Waals surface area contributed by atoms with Gasteiger partial charge in [0.15, 0.2) is 0 Å². The smallest absolute Gasteiger partial charge is 0.220 e. The maximum atomic E-state index is 12.0. The molecule has 176 valence electrons. The van der Waals surface area contributed by atoms with Crippen molar-refractivity contribution in [3.8, 4) is 0 Å². The molecule has 0 aliphatic heterocycles. The van der Waals surface area contributed by atoms with Crippen LogP contribution < -0.4 is 5.32 Å². The molecule has 0 spiro atoms. The van der Waals surface area contributed by atoms with Gasteiger partial charge in [0.05, 0.1) is 18.8 Å². The minimum atomic E-state index is -0.834. The van der Waals surface area contributed by atoms with Crippen molar-refractivity contribution in [3.05, 3.63) is 24.3 Å². The normalized spacial score (nSPS) is 13.9. The number of amides is 1. The lowest BCUT2D eigenvalue weighted by molar-refractivity contribution is -0.123. The van der Waals surface area contributed by atoms with E-state index in [0.29, 0.717) is 6.42 Å². The van der Waals surface area contributed by atoms with Gasteiger partial charge in [-0.05, 0) is 38.5 Å². The van der Waals surface area contributed by atoms with Crippen molar-refractivity contribution in [1.82, 2.24) is 5.32 Å². The number of hydrogen-bond acceptors (Lipinski definition) is 3. The SMILES string of the molecule is CCC/C=C/C(O)C(CO)NC(=O)CCCCCCC/C=C\CCCCCCCC. The molecule has 3 N–H and O–H groups in total. The van der Waals surface area contributed by atoms with Crippen molar-refractivity contribution in [1.29, 1.82) is 0 Å². The van der Waals surface area contributed by atoms with Crippen LogP contribution in [0.15, 0.2) is 24.3 Å². The van der Waals surface area contributed by atoms with E-state index in [1.165, 1.54) is 57.8 Å². The molecule has 4 heteroatoms. The lowest BCUT2D eigenvalue weighted by atomic mass is 10.1. The Kier molecular flexibility index (Phi) is 21.7. The zero-order valence-electron chi connectivity index (χ0n) is 19.8. The average Bonchev–Trinajstić information content (AvgIpc) is 2.74. The minimum Gasteiger partial charge on any atom is -0.394 e. The fraction of sp³-hybridized carbons (Fsp3) is 0.808. The quantitative estimate of drug-likeness (QED) is 0.152. The number of aliphatic hydroxyl groups excluding tert-OH is 2. The van der Waals surface area contributed by atoms with Crippen molar-refractivity contribution < 1.29 is 15.0 Å². The lowest BCUT2D eigenvalue weighted by Crippen LogP contribution is -2.45. The molecule has 30 heavy (non-hydrogen) atoms. The van der Waals surface area contributed by atoms with Crippen molar-refractivity contribution in [2.24, 2.45) is 0 Å². The Labute approximate surface area is 186 Å². The summed E-state index contributed by atoms with van der Waals surface area (Å²) in [6.07, 6.45) is 25.8. The van der Waals surface area contributed by atoms with Crippen molar-refractivity contribution in [2.75, 3.05) is 6.61 Å². The molecule has 1 amide bonds. The zero-order valence-corrected chi connectivity index (χ0v) is 19.8. The maximum Gasteiger partial charge on any atom is 0.220 e. The number of aliphatic hydroxyl groups is 2. The maximum absolute atomic E-state index is 12.0. The summed E-state index contributed by atoms with van der Waals surface area (Å²) in [5, 5.41) is 22.2. The van der Waals surface area contributed by atoms with Crippen LogP contribution in [0.4, 0.5) is 0 Å². The lowest BCUT2D eigenvalue weighted by Gasteiger charge is -2.19. The molecule has 0 radical (unpaired) electrons. The Hall–Kier alpha value is -1.13. The molecule has 0 saturated carbocycles. The Morgan fingerprint density at radius 1 is 0.767 bits per heavy atom. The summed E-state index contributed by atoms with van der Waals surface area (Å²) < 4.78 is 0. The van der Waals surface area contributed by atoms with E-state index in [1.807, 2.05) is 6.08 Å². The molecule has 2 atom stereocenters. The second-order valence-corrected chi connectivity index (χ2v) is 8.40. The van der Waals surface area contributed by atoms with Crippen LogP contribution in [0, 0.1) is 0 Å². The highest BCUT2D eigenvalue weighted by Gasteiger charge is 2.17. The third kappa shape index (κ3) is 18.9. The second-order valence-electron chi connectivity index (χ2n) is 8.40. The molecule has 0 heterocycles. The number of unbranched alkanes of at least 4 members (excludes halogenated alkanes) is 12. The molecule has 0 saturated heterocycles. The van der Waals surface area contributed by atoms with Crippen LogP contribution in [-0.2, 0) is 4.79 Å². The van der Waals surface area contributed by atoms with Crippen LogP contribution in [0.2, 0.25) is 0 Å². The van der Waals surface area contributed by atoms with E-state index in [2.05, 4.69) is 31.3 Å². The predicted molar refractivity (Wildman–Crippen MR) is 129 cm³/mol. The molecule has 0 rings (SSSR count). The van der Waals surface area contributed by atoms with Gasteiger partial charge in [0, 0.05) is 6.42 Å². The largest absolute Gasteiger partial charge is 0.394 e. The average molecular weight is 424 g/mol. The van der Waals surface area contributed by atoms with E-state index >= 15 is 0 Å². The summed E-state index contributed by atoms with van der Waals surface area (Å²) >= 11 is 0. The highest BCUT2D eigenvalue weighted by molar-refractivity contribution is 5.76. The zero-order chi connectivity index (χ0) is 22.3. The summed E-state index contributed by atoms with van der Waals surface area (Å²) in [7, 11) is 0. The van der Waals surface area contributed by atoms with Crippen LogP contribution in [0.5, 0.6) is 0 Å². The molecular weight excluding hydrogens is 374 g/mol. The van der Waals surface area contributed by atoms with Gasteiger partial charge in [0.2, 0.25) is 5.91 Å². The fourth-order valence-electron chi connectivity index (χ4n) is 3.41. The first kappa shape index (κ1) is 28.9. The molecule has 4 nitrogen and oxygen atoms in total. The van der Waals surface area contributed by atoms with Crippen molar-refractivity contribution in [3.63, 3.8) is 0 Å². The summed E-state index contributed by atoms with van der Waals surface area (Å²) in [5.74, 6) is -0.0883. The van der Waals surface area contributed by atoms with Crippen molar-refractivity contribution >= 4 is 5.91 Å². The molecule has 0 bridgehead atoms. The Bertz CT molecular complexity index is 434. The third-order valence-electron chi connectivity index (χ3n) is 5.41. The van der Waals surface area contributed by atoms with Gasteiger partial charge in [0.25, 0.3) is 0 Å². The number of allylic oxidation sites excluding steroid dienone is 3. The predicted octanol–water partition coefficient (Wildman–Crippen LogP) is 6.22. The topological polar surface area (TPSA) is 69.6 Å². The molecule has 0 aliphatic carbocycles. The van der Waals surface area contributed by atoms with Crippen LogP contribution in [-0.4, -0.2) is 34.9 Å². The Balaban J connectivity index is 3.58. The first-order valence-electron chi connectivity index (χ1n) is 12.6. The fourth-order valence-corrected chi connectivity index (χ4v) is 3.41. The van der Waals surface area contributed by atoms with Gasteiger partial charge in [-0.15, -0.1) is 0 Å². The van der Waals surface area contributed by atoms with E-state index in [4.69, 9.17) is 0 Å².